The molecule has 0 rings (SSSR count). The summed E-state index contributed by atoms with van der Waals surface area (Å²) in [5, 5.41) is 0. The Morgan fingerprint density at radius 1 is 1.62 bits per heavy atom. The molecule has 2 unspecified atom stereocenters. The average molecular weight is 336 g/mol. The monoisotopic (exact) mass is 336 g/mol. The van der Waals surface area contributed by atoms with Gasteiger partial charge in [-0.2, -0.15) is 0 Å². The van der Waals surface area contributed by atoms with Crippen molar-refractivity contribution in [2.75, 3.05) is 6.54 Å². The Kier molecular flexibility index (Phi) is 7.90. The van der Waals surface area contributed by atoms with E-state index in [0.29, 0.717) is 0 Å². The summed E-state index contributed by atoms with van der Waals surface area (Å²) in [6.45, 7) is 1.06. The van der Waals surface area contributed by atoms with Crippen LogP contribution in [0.25, 0.3) is 0 Å². The first-order chi connectivity index (χ1) is 3.77. The maximum absolute atomic E-state index is 4.05. The summed E-state index contributed by atoms with van der Waals surface area (Å²) in [7, 11) is 5.53. The molecule has 0 saturated carbocycles. The van der Waals surface area contributed by atoms with Crippen molar-refractivity contribution in [2.24, 2.45) is 3.50 Å². The Hall–Kier alpha value is 1.52. The summed E-state index contributed by atoms with van der Waals surface area (Å²) >= 11 is 1.34. The van der Waals surface area contributed by atoms with Gasteiger partial charge in [-0.25, -0.2) is 0 Å². The SMILES string of the molecule is P[P+](P)=CCC[N]=[W]. The number of hydrogen-bond acceptors (Lipinski definition) is 1. The molecule has 0 aromatic heterocycles. The third-order valence-corrected chi connectivity index (χ3v) is 3.16. The summed E-state index contributed by atoms with van der Waals surface area (Å²) in [6, 6.07) is 0. The van der Waals surface area contributed by atoms with Crippen molar-refractivity contribution in [1.29, 1.82) is 0 Å². The van der Waals surface area contributed by atoms with Crippen LogP contribution < -0.4 is 0 Å². The van der Waals surface area contributed by atoms with Gasteiger partial charge in [0, 0.05) is 0 Å². The van der Waals surface area contributed by atoms with Gasteiger partial charge in [0.2, 0.25) is 0 Å². The number of nitrogens with zero attached hydrogens (tertiary/aromatic N) is 1. The molecule has 0 fully saturated rings. The van der Waals surface area contributed by atoms with E-state index in [2.05, 4.69) is 27.1 Å². The molecule has 0 bridgehead atoms. The van der Waals surface area contributed by atoms with Crippen molar-refractivity contribution in [3.63, 3.8) is 0 Å². The molecule has 2 atom stereocenters. The molecule has 1 nitrogen and oxygen atoms in total. The van der Waals surface area contributed by atoms with Crippen molar-refractivity contribution >= 4 is 30.6 Å². The quantitative estimate of drug-likeness (QED) is 0.552. The Morgan fingerprint density at radius 3 is 2.62 bits per heavy atom. The van der Waals surface area contributed by atoms with Crippen molar-refractivity contribution < 1.29 is 19.6 Å². The molecule has 0 aromatic carbocycles. The zero-order chi connectivity index (χ0) is 6.41. The first-order valence-corrected chi connectivity index (χ1v) is 8.14. The second-order valence-corrected chi connectivity index (χ2v) is 8.82. The van der Waals surface area contributed by atoms with Crippen LogP contribution in [0, 0.1) is 0 Å². The van der Waals surface area contributed by atoms with Gasteiger partial charge >= 0.3 is 66.7 Å². The van der Waals surface area contributed by atoms with E-state index in [0.717, 1.165) is 13.0 Å². The minimum absolute atomic E-state index is 0.0455. The molecule has 0 aliphatic heterocycles. The molecule has 0 aromatic rings. The molecule has 0 heterocycles. The van der Waals surface area contributed by atoms with Gasteiger partial charge in [0.25, 0.3) is 0 Å². The summed E-state index contributed by atoms with van der Waals surface area (Å²) in [5.74, 6) is 2.29. The molecule has 0 radical (unpaired) electrons. The van der Waals surface area contributed by atoms with E-state index >= 15 is 0 Å². The molecular weight excluding hydrogens is 327 g/mol. The van der Waals surface area contributed by atoms with Crippen LogP contribution in [-0.2, 0) is 19.6 Å². The van der Waals surface area contributed by atoms with Crippen molar-refractivity contribution in [1.82, 2.24) is 0 Å². The van der Waals surface area contributed by atoms with Gasteiger partial charge in [-0.15, -0.1) is 0 Å². The summed E-state index contributed by atoms with van der Waals surface area (Å²) in [6.07, 6.45) is 1.14. The van der Waals surface area contributed by atoms with Gasteiger partial charge in [-0.1, -0.05) is 0 Å². The van der Waals surface area contributed by atoms with Crippen LogP contribution in [0.4, 0.5) is 0 Å². The van der Waals surface area contributed by atoms with Crippen LogP contribution in [-0.4, -0.2) is 12.3 Å². The summed E-state index contributed by atoms with van der Waals surface area (Å²) in [4.78, 5) is 0. The number of hydrogen-bond donors (Lipinski definition) is 0. The van der Waals surface area contributed by atoms with Gasteiger partial charge in [0.15, 0.2) is 0 Å². The van der Waals surface area contributed by atoms with E-state index in [4.69, 9.17) is 0 Å². The molecule has 0 amide bonds. The molecular formula is C3H9NP3W+. The van der Waals surface area contributed by atoms with Gasteiger partial charge < -0.3 is 0 Å². The standard InChI is InChI=1S/C3H9NP3.W/c4-2-1-3-7(5)6;/h3H,1-2,5-6H2;/q+1;. The van der Waals surface area contributed by atoms with E-state index < -0.39 is 0 Å². The Labute approximate surface area is 66.7 Å². The van der Waals surface area contributed by atoms with Gasteiger partial charge in [0.05, 0.1) is 0 Å². The Bertz CT molecular complexity index is 98.7. The summed E-state index contributed by atoms with van der Waals surface area (Å²) in [5.41, 5.74) is 0. The maximum atomic E-state index is 4.05. The van der Waals surface area contributed by atoms with Crippen molar-refractivity contribution in [3.05, 3.63) is 0 Å². The Balaban J connectivity index is 3.15. The fourth-order valence-corrected chi connectivity index (χ4v) is 1.95. The molecule has 0 aliphatic carbocycles. The van der Waals surface area contributed by atoms with Gasteiger partial charge in [-0.3, -0.25) is 0 Å². The predicted molar refractivity (Wildman–Crippen MR) is 44.3 cm³/mol. The molecule has 0 N–H and O–H groups in total. The van der Waals surface area contributed by atoms with Crippen LogP contribution in [0.3, 0.4) is 0 Å². The zero-order valence-electron chi connectivity index (χ0n) is 4.45. The van der Waals surface area contributed by atoms with Gasteiger partial charge in [-0.05, 0) is 0 Å². The van der Waals surface area contributed by atoms with Crippen LogP contribution in [0.5, 0.6) is 0 Å². The molecule has 0 spiro atoms. The molecule has 0 saturated heterocycles. The Morgan fingerprint density at radius 2 is 2.25 bits per heavy atom. The minimum atomic E-state index is 0.0455. The first kappa shape index (κ1) is 9.52. The number of rotatable bonds is 3. The van der Waals surface area contributed by atoms with Crippen LogP contribution in [0.1, 0.15) is 6.42 Å². The molecule has 8 heavy (non-hydrogen) atoms. The van der Waals surface area contributed by atoms with Gasteiger partial charge in [0.1, 0.15) is 0 Å². The molecule has 5 heteroatoms. The molecule has 46 valence electrons. The third kappa shape index (κ3) is 7.52. The van der Waals surface area contributed by atoms with E-state index in [1.54, 1.807) is 0 Å². The predicted octanol–water partition coefficient (Wildman–Crippen LogP) is 1.97. The second-order valence-electron chi connectivity index (χ2n) is 1.27. The first-order valence-electron chi connectivity index (χ1n) is 2.18. The average Bonchev–Trinajstić information content (AvgIpc) is 1.66. The third-order valence-electron chi connectivity index (χ3n) is 0.560. The topological polar surface area (TPSA) is 12.4 Å². The van der Waals surface area contributed by atoms with Crippen LogP contribution in [0.2, 0.25) is 0 Å². The van der Waals surface area contributed by atoms with Crippen molar-refractivity contribution in [2.45, 2.75) is 6.42 Å². The van der Waals surface area contributed by atoms with E-state index in [-0.39, 0.29) is 6.92 Å². The van der Waals surface area contributed by atoms with E-state index in [9.17, 15) is 0 Å². The van der Waals surface area contributed by atoms with E-state index in [1.807, 2.05) is 0 Å². The van der Waals surface area contributed by atoms with Crippen LogP contribution >= 0.6 is 24.8 Å². The molecule has 0 aliphatic rings. The second kappa shape index (κ2) is 6.64. The fraction of sp³-hybridized carbons (Fsp3) is 0.667. The normalized spacial score (nSPS) is 8.25. The fourth-order valence-electron chi connectivity index (χ4n) is 0.260. The van der Waals surface area contributed by atoms with Crippen molar-refractivity contribution in [3.8, 4) is 0 Å². The summed E-state index contributed by atoms with van der Waals surface area (Å²) < 4.78 is 4.05. The zero-order valence-corrected chi connectivity index (χ0v) is 10.6. The van der Waals surface area contributed by atoms with Crippen LogP contribution in [0.15, 0.2) is 3.50 Å². The van der Waals surface area contributed by atoms with E-state index in [1.165, 1.54) is 19.6 Å².